The van der Waals surface area contributed by atoms with Crippen LogP contribution in [0.4, 0.5) is 4.39 Å². The van der Waals surface area contributed by atoms with Crippen molar-refractivity contribution in [2.24, 2.45) is 0 Å². The van der Waals surface area contributed by atoms with E-state index in [1.165, 1.54) is 6.07 Å². The minimum absolute atomic E-state index is 0.171. The van der Waals surface area contributed by atoms with Crippen molar-refractivity contribution in [3.8, 4) is 0 Å². The molecule has 1 unspecified atom stereocenters. The highest BCUT2D eigenvalue weighted by atomic mass is 79.9. The number of rotatable bonds is 2. The molecule has 0 aliphatic heterocycles. The Labute approximate surface area is 130 Å². The minimum atomic E-state index is -0.303. The van der Waals surface area contributed by atoms with Crippen LogP contribution < -0.4 is 5.69 Å². The maximum absolute atomic E-state index is 13.6. The van der Waals surface area contributed by atoms with E-state index in [0.717, 1.165) is 22.2 Å². The van der Waals surface area contributed by atoms with Gasteiger partial charge in [-0.1, -0.05) is 34.1 Å². The topological polar surface area (TPSA) is 48.6 Å². The number of fused-ring (bicyclic) bond motifs is 1. The lowest BCUT2D eigenvalue weighted by Gasteiger charge is -2.13. The first kappa shape index (κ1) is 13.6. The second kappa shape index (κ2) is 5.18. The Morgan fingerprint density at radius 3 is 2.65 bits per heavy atom. The summed E-state index contributed by atoms with van der Waals surface area (Å²) in [7, 11) is 0. The van der Waals surface area contributed by atoms with Gasteiger partial charge in [0.05, 0.1) is 20.3 Å². The second-order valence-electron chi connectivity index (χ2n) is 4.39. The van der Waals surface area contributed by atoms with Gasteiger partial charge < -0.3 is 9.97 Å². The molecule has 0 radical (unpaired) electrons. The zero-order chi connectivity index (χ0) is 14.3. The van der Waals surface area contributed by atoms with E-state index in [2.05, 4.69) is 41.8 Å². The highest BCUT2D eigenvalue weighted by Gasteiger charge is 2.16. The first-order chi connectivity index (χ1) is 9.56. The van der Waals surface area contributed by atoms with Gasteiger partial charge in [-0.05, 0) is 45.3 Å². The number of halogens is 3. The zero-order valence-corrected chi connectivity index (χ0v) is 13.3. The molecule has 6 heteroatoms. The molecule has 102 valence electrons. The number of benzene rings is 2. The summed E-state index contributed by atoms with van der Waals surface area (Å²) in [4.78, 5) is 16.5. The summed E-state index contributed by atoms with van der Waals surface area (Å²) < 4.78 is 14.0. The lowest BCUT2D eigenvalue weighted by Crippen LogP contribution is -1.99. The van der Waals surface area contributed by atoms with Crippen molar-refractivity contribution in [3.63, 3.8) is 0 Å². The molecule has 1 aromatic heterocycles. The molecule has 0 spiro atoms. The van der Waals surface area contributed by atoms with Crippen molar-refractivity contribution in [1.82, 2.24) is 9.97 Å². The largest absolute Gasteiger partial charge is 0.323 e. The zero-order valence-electron chi connectivity index (χ0n) is 10.1. The van der Waals surface area contributed by atoms with E-state index in [1.807, 2.05) is 24.3 Å². The van der Waals surface area contributed by atoms with Crippen molar-refractivity contribution in [3.05, 3.63) is 68.3 Å². The maximum Gasteiger partial charge on any atom is 0.323 e. The quantitative estimate of drug-likeness (QED) is 0.622. The van der Waals surface area contributed by atoms with Crippen molar-refractivity contribution in [2.75, 3.05) is 0 Å². The van der Waals surface area contributed by atoms with Crippen molar-refractivity contribution in [2.45, 2.75) is 4.83 Å². The average molecular weight is 400 g/mol. The first-order valence-corrected chi connectivity index (χ1v) is 7.57. The molecule has 0 fully saturated rings. The molecular weight excluding hydrogens is 391 g/mol. The molecule has 0 aliphatic carbocycles. The summed E-state index contributed by atoms with van der Waals surface area (Å²) in [5.74, 6) is -0.303. The van der Waals surface area contributed by atoms with Crippen molar-refractivity contribution in [1.29, 1.82) is 0 Å². The minimum Gasteiger partial charge on any atom is -0.306 e. The van der Waals surface area contributed by atoms with Gasteiger partial charge in [-0.3, -0.25) is 0 Å². The van der Waals surface area contributed by atoms with Gasteiger partial charge >= 0.3 is 5.69 Å². The number of aromatic nitrogens is 2. The summed E-state index contributed by atoms with van der Waals surface area (Å²) in [5.41, 5.74) is 2.96. The molecule has 0 saturated heterocycles. The number of imidazole rings is 1. The Morgan fingerprint density at radius 1 is 1.10 bits per heavy atom. The summed E-state index contributed by atoms with van der Waals surface area (Å²) in [5, 5.41) is 0. The fraction of sp³-hybridized carbons (Fsp3) is 0.0714. The number of hydrogen-bond acceptors (Lipinski definition) is 1. The van der Waals surface area contributed by atoms with Gasteiger partial charge in [0.2, 0.25) is 0 Å². The van der Waals surface area contributed by atoms with Gasteiger partial charge in [0.15, 0.2) is 0 Å². The predicted octanol–water partition coefficient (Wildman–Crippen LogP) is 4.24. The van der Waals surface area contributed by atoms with Gasteiger partial charge in [-0.15, -0.1) is 0 Å². The Balaban J connectivity index is 2.09. The molecule has 20 heavy (non-hydrogen) atoms. The van der Waals surface area contributed by atoms with Gasteiger partial charge in [-0.25, -0.2) is 9.18 Å². The lowest BCUT2D eigenvalue weighted by atomic mass is 10.0. The van der Waals surface area contributed by atoms with E-state index >= 15 is 0 Å². The molecule has 0 bridgehead atoms. The smallest absolute Gasteiger partial charge is 0.306 e. The van der Waals surface area contributed by atoms with Crippen LogP contribution in [0.25, 0.3) is 11.0 Å². The van der Waals surface area contributed by atoms with Crippen LogP contribution in [0, 0.1) is 5.82 Å². The fourth-order valence-corrected chi connectivity index (χ4v) is 3.57. The third-order valence-corrected chi connectivity index (χ3v) is 4.95. The number of aromatic amines is 2. The third-order valence-electron chi connectivity index (χ3n) is 3.09. The summed E-state index contributed by atoms with van der Waals surface area (Å²) in [6.07, 6.45) is 0. The molecule has 1 atom stereocenters. The summed E-state index contributed by atoms with van der Waals surface area (Å²) in [6.45, 7) is 0. The molecule has 0 aliphatic rings. The molecule has 2 aromatic carbocycles. The first-order valence-electron chi connectivity index (χ1n) is 5.86. The van der Waals surface area contributed by atoms with Crippen LogP contribution in [-0.2, 0) is 0 Å². The van der Waals surface area contributed by atoms with E-state index < -0.39 is 0 Å². The SMILES string of the molecule is O=c1[nH]c2ccc(C(Br)c3cccc(F)c3Br)cc2[nH]1. The Hall–Kier alpha value is -1.40. The number of H-pyrrole nitrogens is 2. The highest BCUT2D eigenvalue weighted by Crippen LogP contribution is 2.36. The fourth-order valence-electron chi connectivity index (χ4n) is 2.10. The summed E-state index contributed by atoms with van der Waals surface area (Å²) in [6, 6.07) is 10.5. The Morgan fingerprint density at radius 2 is 1.85 bits per heavy atom. The predicted molar refractivity (Wildman–Crippen MR) is 83.8 cm³/mol. The molecule has 3 rings (SSSR count). The van der Waals surface area contributed by atoms with Crippen molar-refractivity contribution >= 4 is 42.9 Å². The molecule has 3 nitrogen and oxygen atoms in total. The van der Waals surface area contributed by atoms with Crippen LogP contribution in [0.15, 0.2) is 45.7 Å². The number of nitrogens with one attached hydrogen (secondary N) is 2. The van der Waals surface area contributed by atoms with Crippen molar-refractivity contribution < 1.29 is 4.39 Å². The third kappa shape index (κ3) is 2.33. The average Bonchev–Trinajstić information content (AvgIpc) is 2.80. The van der Waals surface area contributed by atoms with E-state index in [-0.39, 0.29) is 16.3 Å². The molecule has 1 heterocycles. The van der Waals surface area contributed by atoms with Gasteiger partial charge in [0, 0.05) is 0 Å². The van der Waals surface area contributed by atoms with Crippen LogP contribution in [0.2, 0.25) is 0 Å². The molecule has 0 amide bonds. The van der Waals surface area contributed by atoms with Crippen LogP contribution in [0.1, 0.15) is 16.0 Å². The molecule has 0 saturated carbocycles. The lowest BCUT2D eigenvalue weighted by molar-refractivity contribution is 0.619. The maximum atomic E-state index is 13.6. The Bertz CT molecular complexity index is 841. The van der Waals surface area contributed by atoms with Crippen LogP contribution in [0.3, 0.4) is 0 Å². The molecular formula is C14H9Br2FN2O. The summed E-state index contributed by atoms with van der Waals surface area (Å²) >= 11 is 6.84. The van der Waals surface area contributed by atoms with E-state index in [4.69, 9.17) is 0 Å². The van der Waals surface area contributed by atoms with Crippen LogP contribution in [0.5, 0.6) is 0 Å². The number of alkyl halides is 1. The number of hydrogen-bond donors (Lipinski definition) is 2. The van der Waals surface area contributed by atoms with E-state index in [9.17, 15) is 9.18 Å². The van der Waals surface area contributed by atoms with Crippen LogP contribution >= 0.6 is 31.9 Å². The van der Waals surface area contributed by atoms with Gasteiger partial charge in [0.1, 0.15) is 5.82 Å². The second-order valence-corrected chi connectivity index (χ2v) is 6.10. The van der Waals surface area contributed by atoms with E-state index in [0.29, 0.717) is 4.47 Å². The molecule has 3 aromatic rings. The van der Waals surface area contributed by atoms with Gasteiger partial charge in [0.25, 0.3) is 0 Å². The molecule has 2 N–H and O–H groups in total. The van der Waals surface area contributed by atoms with Gasteiger partial charge in [-0.2, -0.15) is 0 Å². The Kier molecular flexibility index (Phi) is 3.52. The normalized spacial score (nSPS) is 12.8. The standard InChI is InChI=1S/C14H9Br2FN2O/c15-12(8-2-1-3-9(17)13(8)16)7-4-5-10-11(6-7)19-14(20)18-10/h1-6,12H,(H2,18,19,20). The van der Waals surface area contributed by atoms with Crippen LogP contribution in [-0.4, -0.2) is 9.97 Å². The van der Waals surface area contributed by atoms with E-state index in [1.54, 1.807) is 6.07 Å². The highest BCUT2D eigenvalue weighted by molar-refractivity contribution is 9.11. The monoisotopic (exact) mass is 398 g/mol.